The first-order valence-corrected chi connectivity index (χ1v) is 7.85. The van der Waals surface area contributed by atoms with E-state index in [0.717, 1.165) is 18.6 Å². The Hall–Kier alpha value is -3.00. The smallest absolute Gasteiger partial charge is 0.319 e. The van der Waals surface area contributed by atoms with Crippen LogP contribution in [0.4, 0.5) is 10.5 Å². The molecule has 122 valence electrons. The predicted octanol–water partition coefficient (Wildman–Crippen LogP) is 3.42. The van der Waals surface area contributed by atoms with Gasteiger partial charge in [0.15, 0.2) is 0 Å². The fraction of sp³-hybridized carbons (Fsp3) is 0.263. The first-order valence-electron chi connectivity index (χ1n) is 7.85. The van der Waals surface area contributed by atoms with Crippen molar-refractivity contribution in [3.63, 3.8) is 0 Å². The number of hydrogen-bond donors (Lipinski definition) is 2. The van der Waals surface area contributed by atoms with Crippen molar-refractivity contribution >= 4 is 11.7 Å². The Labute approximate surface area is 141 Å². The molecule has 0 heterocycles. The highest BCUT2D eigenvalue weighted by Crippen LogP contribution is 2.47. The molecule has 1 aliphatic carbocycles. The van der Waals surface area contributed by atoms with E-state index in [1.165, 1.54) is 5.56 Å². The molecule has 0 atom stereocenters. The second-order valence-electron chi connectivity index (χ2n) is 6.01. The van der Waals surface area contributed by atoms with Gasteiger partial charge in [-0.25, -0.2) is 4.79 Å². The van der Waals surface area contributed by atoms with Crippen molar-refractivity contribution in [1.29, 1.82) is 5.26 Å². The van der Waals surface area contributed by atoms with Crippen LogP contribution < -0.4 is 15.4 Å². The van der Waals surface area contributed by atoms with E-state index in [9.17, 15) is 4.79 Å². The quantitative estimate of drug-likeness (QED) is 0.886. The summed E-state index contributed by atoms with van der Waals surface area (Å²) in [6, 6.07) is 16.6. The van der Waals surface area contributed by atoms with Crippen molar-refractivity contribution in [3.05, 3.63) is 59.7 Å². The van der Waals surface area contributed by atoms with E-state index in [4.69, 9.17) is 10.00 Å². The molecule has 0 saturated heterocycles. The number of hydrogen-bond acceptors (Lipinski definition) is 3. The molecule has 5 heteroatoms. The van der Waals surface area contributed by atoms with Crippen LogP contribution in [-0.4, -0.2) is 19.7 Å². The van der Waals surface area contributed by atoms with Gasteiger partial charge in [-0.2, -0.15) is 5.26 Å². The zero-order valence-corrected chi connectivity index (χ0v) is 13.5. The van der Waals surface area contributed by atoms with Gasteiger partial charge >= 0.3 is 6.03 Å². The first kappa shape index (κ1) is 15.9. The van der Waals surface area contributed by atoms with E-state index in [-0.39, 0.29) is 11.4 Å². The molecule has 0 aromatic heterocycles. The highest BCUT2D eigenvalue weighted by Gasteiger charge is 2.44. The van der Waals surface area contributed by atoms with Gasteiger partial charge in [-0.1, -0.05) is 12.1 Å². The lowest BCUT2D eigenvalue weighted by atomic mass is 9.96. The second-order valence-corrected chi connectivity index (χ2v) is 6.01. The van der Waals surface area contributed by atoms with Crippen molar-refractivity contribution < 1.29 is 9.53 Å². The number of urea groups is 1. The standard InChI is InChI=1S/C19H19N3O2/c1-24-17-8-4-15(5-9-17)19(10-11-19)13-21-18(23)22-16-6-2-14(12-20)3-7-16/h2-9H,10-11,13H2,1H3,(H2,21,22,23). The minimum atomic E-state index is -0.237. The summed E-state index contributed by atoms with van der Waals surface area (Å²) in [6.45, 7) is 0.599. The SMILES string of the molecule is COc1ccc(C2(CNC(=O)Nc3ccc(C#N)cc3)CC2)cc1. The molecule has 1 aliphatic rings. The Bertz CT molecular complexity index is 757. The van der Waals surface area contributed by atoms with Crippen LogP contribution in [-0.2, 0) is 5.41 Å². The molecule has 0 radical (unpaired) electrons. The first-order chi connectivity index (χ1) is 11.6. The topological polar surface area (TPSA) is 74.2 Å². The molecular weight excluding hydrogens is 302 g/mol. The normalized spacial score (nSPS) is 14.3. The number of rotatable bonds is 5. The lowest BCUT2D eigenvalue weighted by Gasteiger charge is -2.17. The number of benzene rings is 2. The molecule has 2 N–H and O–H groups in total. The number of carbonyl (C=O) groups is 1. The van der Waals surface area contributed by atoms with E-state index in [1.54, 1.807) is 31.4 Å². The van der Waals surface area contributed by atoms with E-state index >= 15 is 0 Å². The number of nitrogens with zero attached hydrogens (tertiary/aromatic N) is 1. The van der Waals surface area contributed by atoms with Gasteiger partial charge in [-0.15, -0.1) is 0 Å². The molecule has 5 nitrogen and oxygen atoms in total. The third-order valence-electron chi connectivity index (χ3n) is 4.42. The highest BCUT2D eigenvalue weighted by molar-refractivity contribution is 5.89. The summed E-state index contributed by atoms with van der Waals surface area (Å²) >= 11 is 0. The Kier molecular flexibility index (Phi) is 4.39. The maximum absolute atomic E-state index is 12.1. The molecule has 0 aliphatic heterocycles. The monoisotopic (exact) mass is 321 g/mol. The number of methoxy groups -OCH3 is 1. The molecule has 1 saturated carbocycles. The zero-order valence-electron chi connectivity index (χ0n) is 13.5. The molecule has 2 aromatic rings. The maximum atomic E-state index is 12.1. The van der Waals surface area contributed by atoms with Crippen molar-refractivity contribution in [2.45, 2.75) is 18.3 Å². The molecule has 0 spiro atoms. The third kappa shape index (κ3) is 3.49. The lowest BCUT2D eigenvalue weighted by molar-refractivity contribution is 0.251. The van der Waals surface area contributed by atoms with Gasteiger partial charge in [0.2, 0.25) is 0 Å². The fourth-order valence-corrected chi connectivity index (χ4v) is 2.72. The molecule has 0 unspecified atom stereocenters. The van der Waals surface area contributed by atoms with Gasteiger partial charge in [0.05, 0.1) is 18.7 Å². The molecule has 3 rings (SSSR count). The van der Waals surface area contributed by atoms with Crippen molar-refractivity contribution in [2.75, 3.05) is 19.0 Å². The summed E-state index contributed by atoms with van der Waals surface area (Å²) in [5, 5.41) is 14.5. The van der Waals surface area contributed by atoms with E-state index in [2.05, 4.69) is 22.8 Å². The Morgan fingerprint density at radius 1 is 1.17 bits per heavy atom. The van der Waals surface area contributed by atoms with Gasteiger partial charge in [0.1, 0.15) is 5.75 Å². The minimum absolute atomic E-state index is 0.0360. The Balaban J connectivity index is 1.56. The molecule has 2 amide bonds. The second kappa shape index (κ2) is 6.63. The van der Waals surface area contributed by atoms with Crippen LogP contribution in [0, 0.1) is 11.3 Å². The number of nitriles is 1. The molecule has 24 heavy (non-hydrogen) atoms. The number of nitrogens with one attached hydrogen (secondary N) is 2. The highest BCUT2D eigenvalue weighted by atomic mass is 16.5. The fourth-order valence-electron chi connectivity index (χ4n) is 2.72. The van der Waals surface area contributed by atoms with Crippen molar-refractivity contribution in [2.24, 2.45) is 0 Å². The van der Waals surface area contributed by atoms with Crippen molar-refractivity contribution in [3.8, 4) is 11.8 Å². The molecular formula is C19H19N3O2. The summed E-state index contributed by atoms with van der Waals surface area (Å²) in [7, 11) is 1.65. The van der Waals surface area contributed by atoms with E-state index in [1.807, 2.05) is 18.2 Å². The minimum Gasteiger partial charge on any atom is -0.497 e. The average Bonchev–Trinajstić information content (AvgIpc) is 3.42. The molecule has 2 aromatic carbocycles. The summed E-state index contributed by atoms with van der Waals surface area (Å²) in [4.78, 5) is 12.1. The van der Waals surface area contributed by atoms with Crippen LogP contribution in [0.25, 0.3) is 0 Å². The number of carbonyl (C=O) groups excluding carboxylic acids is 1. The summed E-state index contributed by atoms with van der Waals surface area (Å²) in [6.07, 6.45) is 2.13. The lowest BCUT2D eigenvalue weighted by Crippen LogP contribution is -2.35. The zero-order chi connectivity index (χ0) is 17.0. The van der Waals surface area contributed by atoms with Gasteiger partial charge in [0.25, 0.3) is 0 Å². The van der Waals surface area contributed by atoms with Gasteiger partial charge < -0.3 is 15.4 Å². The van der Waals surface area contributed by atoms with Crippen LogP contribution in [0.15, 0.2) is 48.5 Å². The summed E-state index contributed by atoms with van der Waals surface area (Å²) in [5.41, 5.74) is 2.49. The number of anilines is 1. The van der Waals surface area contributed by atoms with Gasteiger partial charge in [0, 0.05) is 17.6 Å². The van der Waals surface area contributed by atoms with Crippen LogP contribution >= 0.6 is 0 Å². The molecule has 1 fully saturated rings. The maximum Gasteiger partial charge on any atom is 0.319 e. The van der Waals surface area contributed by atoms with E-state index in [0.29, 0.717) is 17.8 Å². The van der Waals surface area contributed by atoms with Gasteiger partial charge in [-0.05, 0) is 54.8 Å². The van der Waals surface area contributed by atoms with Crippen LogP contribution in [0.2, 0.25) is 0 Å². The van der Waals surface area contributed by atoms with Crippen LogP contribution in [0.5, 0.6) is 5.75 Å². The molecule has 0 bridgehead atoms. The van der Waals surface area contributed by atoms with Gasteiger partial charge in [-0.3, -0.25) is 0 Å². The third-order valence-corrected chi connectivity index (χ3v) is 4.42. The Morgan fingerprint density at radius 3 is 2.38 bits per heavy atom. The van der Waals surface area contributed by atoms with E-state index < -0.39 is 0 Å². The summed E-state index contributed by atoms with van der Waals surface area (Å²) < 4.78 is 5.18. The average molecular weight is 321 g/mol. The largest absolute Gasteiger partial charge is 0.497 e. The predicted molar refractivity (Wildman–Crippen MR) is 92.1 cm³/mol. The number of amides is 2. The van der Waals surface area contributed by atoms with Crippen LogP contribution in [0.3, 0.4) is 0 Å². The van der Waals surface area contributed by atoms with Crippen molar-refractivity contribution in [1.82, 2.24) is 5.32 Å². The Morgan fingerprint density at radius 2 is 1.83 bits per heavy atom. The van der Waals surface area contributed by atoms with Crippen LogP contribution in [0.1, 0.15) is 24.0 Å². The summed E-state index contributed by atoms with van der Waals surface area (Å²) in [5.74, 6) is 0.834. The number of ether oxygens (including phenoxy) is 1.